The van der Waals surface area contributed by atoms with Crippen LogP contribution in [-0.2, 0) is 15.6 Å². The average molecular weight is 357 g/mol. The summed E-state index contributed by atoms with van der Waals surface area (Å²) in [4.78, 5) is 23.7. The zero-order chi connectivity index (χ0) is 18.9. The quantitative estimate of drug-likeness (QED) is 0.729. The molecule has 2 aliphatic carbocycles. The minimum absolute atomic E-state index is 0.0331. The highest BCUT2D eigenvalue weighted by atomic mass is 16.2. The number of nitrogens with zero attached hydrogens (tertiary/aromatic N) is 2. The molecule has 136 valence electrons. The minimum atomic E-state index is -0.663. The van der Waals surface area contributed by atoms with E-state index in [1.807, 2.05) is 54.6 Å². The van der Waals surface area contributed by atoms with Crippen molar-refractivity contribution in [1.82, 2.24) is 9.97 Å². The van der Waals surface area contributed by atoms with Gasteiger partial charge in [-0.15, -0.1) is 0 Å². The third-order valence-corrected chi connectivity index (χ3v) is 7.36. The van der Waals surface area contributed by atoms with Crippen molar-refractivity contribution in [2.75, 3.05) is 5.32 Å². The summed E-state index contributed by atoms with van der Waals surface area (Å²) in [6, 6.07) is 17.6. The van der Waals surface area contributed by atoms with Crippen LogP contribution in [0.4, 0.5) is 5.69 Å². The highest BCUT2D eigenvalue weighted by Gasteiger charge is 2.73. The molecule has 4 heteroatoms. The Kier molecular flexibility index (Phi) is 3.14. The van der Waals surface area contributed by atoms with Gasteiger partial charge in [-0.25, -0.2) is 9.97 Å². The fraction of sp³-hybridized carbons (Fsp3) is 0.348. The number of amides is 1. The maximum Gasteiger partial charge on any atom is 0.237 e. The van der Waals surface area contributed by atoms with E-state index in [1.54, 1.807) is 0 Å². The third-order valence-electron chi connectivity index (χ3n) is 7.36. The van der Waals surface area contributed by atoms with Crippen molar-refractivity contribution in [3.63, 3.8) is 0 Å². The molecule has 0 radical (unpaired) electrons. The number of carbonyl (C=O) groups is 1. The molecule has 5 rings (SSSR count). The highest BCUT2D eigenvalue weighted by Crippen LogP contribution is 2.70. The molecule has 1 N–H and O–H groups in total. The van der Waals surface area contributed by atoms with Crippen molar-refractivity contribution in [2.45, 2.75) is 44.4 Å². The van der Waals surface area contributed by atoms with Gasteiger partial charge in [0.2, 0.25) is 5.91 Å². The van der Waals surface area contributed by atoms with Crippen LogP contribution in [0.1, 0.15) is 45.0 Å². The van der Waals surface area contributed by atoms with Gasteiger partial charge in [0.25, 0.3) is 0 Å². The zero-order valence-electron chi connectivity index (χ0n) is 15.9. The van der Waals surface area contributed by atoms with Gasteiger partial charge in [0.15, 0.2) is 0 Å². The molecule has 1 fully saturated rings. The predicted octanol–water partition coefficient (Wildman–Crippen LogP) is 4.60. The van der Waals surface area contributed by atoms with Crippen molar-refractivity contribution >= 4 is 22.6 Å². The number of carbonyl (C=O) groups excluding carboxylic acids is 1. The molecule has 0 saturated heterocycles. The number of nitrogens with one attached hydrogen (secondary N) is 1. The molecule has 2 aromatic carbocycles. The first-order valence-corrected chi connectivity index (χ1v) is 9.54. The standard InChI is InChI=1S/C23H23N3O/c1-21(2)22(3)13-14-23(21,20(27)24-15-9-5-4-6-10-15)19-18(22)25-16-11-7-8-12-17(16)26-19/h4-12H,13-14H2,1-3H3,(H,24,27)/t22-,23+/m1/s1. The van der Waals surface area contributed by atoms with Gasteiger partial charge in [0.05, 0.1) is 27.8 Å². The van der Waals surface area contributed by atoms with E-state index in [0.29, 0.717) is 0 Å². The lowest BCUT2D eigenvalue weighted by Gasteiger charge is -2.39. The summed E-state index contributed by atoms with van der Waals surface area (Å²) in [6.07, 6.45) is 1.75. The summed E-state index contributed by atoms with van der Waals surface area (Å²) >= 11 is 0. The van der Waals surface area contributed by atoms with Crippen molar-refractivity contribution < 1.29 is 4.79 Å². The minimum Gasteiger partial charge on any atom is -0.325 e. The summed E-state index contributed by atoms with van der Waals surface area (Å²) in [5.74, 6) is 0.0331. The Morgan fingerprint density at radius 2 is 1.44 bits per heavy atom. The van der Waals surface area contributed by atoms with Crippen LogP contribution in [0.2, 0.25) is 0 Å². The van der Waals surface area contributed by atoms with Gasteiger partial charge in [-0.1, -0.05) is 51.1 Å². The molecule has 0 unspecified atom stereocenters. The molecule has 1 amide bonds. The van der Waals surface area contributed by atoms with Crippen LogP contribution in [0, 0.1) is 5.41 Å². The van der Waals surface area contributed by atoms with Gasteiger partial charge in [-0.05, 0) is 42.5 Å². The predicted molar refractivity (Wildman–Crippen MR) is 107 cm³/mol. The first-order chi connectivity index (χ1) is 12.9. The van der Waals surface area contributed by atoms with Crippen LogP contribution in [0.3, 0.4) is 0 Å². The second-order valence-corrected chi connectivity index (χ2v) is 8.59. The van der Waals surface area contributed by atoms with E-state index in [1.165, 1.54) is 0 Å². The Morgan fingerprint density at radius 3 is 2.11 bits per heavy atom. The van der Waals surface area contributed by atoms with Crippen molar-refractivity contribution in [1.29, 1.82) is 0 Å². The van der Waals surface area contributed by atoms with E-state index in [-0.39, 0.29) is 16.7 Å². The van der Waals surface area contributed by atoms with E-state index in [0.717, 1.165) is 41.0 Å². The molecule has 1 aromatic heterocycles. The van der Waals surface area contributed by atoms with Crippen LogP contribution in [-0.4, -0.2) is 15.9 Å². The first kappa shape index (κ1) is 16.4. The van der Waals surface area contributed by atoms with Crippen LogP contribution in [0.15, 0.2) is 54.6 Å². The molecule has 3 aromatic rings. The molecule has 2 bridgehead atoms. The van der Waals surface area contributed by atoms with Gasteiger partial charge < -0.3 is 5.32 Å². The molecule has 2 aliphatic rings. The summed E-state index contributed by atoms with van der Waals surface area (Å²) in [5.41, 5.74) is 3.36. The lowest BCUT2D eigenvalue weighted by atomic mass is 9.63. The van der Waals surface area contributed by atoms with Crippen molar-refractivity contribution in [2.24, 2.45) is 5.41 Å². The molecule has 27 heavy (non-hydrogen) atoms. The summed E-state index contributed by atoms with van der Waals surface area (Å²) < 4.78 is 0. The smallest absolute Gasteiger partial charge is 0.237 e. The van der Waals surface area contributed by atoms with Gasteiger partial charge >= 0.3 is 0 Å². The first-order valence-electron chi connectivity index (χ1n) is 9.54. The van der Waals surface area contributed by atoms with E-state index < -0.39 is 5.41 Å². The lowest BCUT2D eigenvalue weighted by Crippen LogP contribution is -2.48. The maximum absolute atomic E-state index is 13.7. The second-order valence-electron chi connectivity index (χ2n) is 8.59. The molecular formula is C23H23N3O. The number of rotatable bonds is 2. The molecule has 1 saturated carbocycles. The summed E-state index contributed by atoms with van der Waals surface area (Å²) in [6.45, 7) is 6.66. The fourth-order valence-corrected chi connectivity index (χ4v) is 5.31. The number of hydrogen-bond donors (Lipinski definition) is 1. The Hall–Kier alpha value is -2.75. The SMILES string of the molecule is CC1(C)[C@]2(C)CC[C@@]1(C(=O)Nc1ccccc1)c1nc3ccccc3nc12. The molecular weight excluding hydrogens is 334 g/mol. The largest absolute Gasteiger partial charge is 0.325 e. The molecule has 0 spiro atoms. The van der Waals surface area contributed by atoms with E-state index in [2.05, 4.69) is 26.1 Å². The number of benzene rings is 2. The normalized spacial score (nSPS) is 27.5. The van der Waals surface area contributed by atoms with E-state index in [9.17, 15) is 4.79 Å². The topological polar surface area (TPSA) is 54.9 Å². The Labute approximate surface area is 159 Å². The number of anilines is 1. The molecule has 4 nitrogen and oxygen atoms in total. The van der Waals surface area contributed by atoms with Crippen LogP contribution in [0.25, 0.3) is 11.0 Å². The van der Waals surface area contributed by atoms with E-state index >= 15 is 0 Å². The number of aromatic nitrogens is 2. The highest BCUT2D eigenvalue weighted by molar-refractivity contribution is 6.02. The van der Waals surface area contributed by atoms with Crippen molar-refractivity contribution in [3.8, 4) is 0 Å². The maximum atomic E-state index is 13.7. The average Bonchev–Trinajstić information content (AvgIpc) is 2.97. The number of para-hydroxylation sites is 3. The van der Waals surface area contributed by atoms with Crippen molar-refractivity contribution in [3.05, 3.63) is 66.0 Å². The Bertz CT molecular complexity index is 1080. The molecule has 1 heterocycles. The fourth-order valence-electron chi connectivity index (χ4n) is 5.31. The Morgan fingerprint density at radius 1 is 0.852 bits per heavy atom. The molecule has 0 aliphatic heterocycles. The van der Waals surface area contributed by atoms with Gasteiger partial charge in [0.1, 0.15) is 0 Å². The zero-order valence-corrected chi connectivity index (χ0v) is 15.9. The van der Waals surface area contributed by atoms with Gasteiger partial charge in [0, 0.05) is 11.1 Å². The van der Waals surface area contributed by atoms with Crippen LogP contribution in [0.5, 0.6) is 0 Å². The summed E-state index contributed by atoms with van der Waals surface area (Å²) in [7, 11) is 0. The Balaban J connectivity index is 1.72. The monoisotopic (exact) mass is 357 g/mol. The second kappa shape index (κ2) is 5.16. The van der Waals surface area contributed by atoms with Crippen LogP contribution < -0.4 is 5.32 Å². The molecule has 2 atom stereocenters. The number of hydrogen-bond acceptors (Lipinski definition) is 3. The van der Waals surface area contributed by atoms with Gasteiger partial charge in [-0.3, -0.25) is 4.79 Å². The third kappa shape index (κ3) is 1.85. The summed E-state index contributed by atoms with van der Waals surface area (Å²) in [5, 5.41) is 3.16. The number of fused-ring (bicyclic) bond motifs is 6. The lowest BCUT2D eigenvalue weighted by molar-refractivity contribution is -0.125. The van der Waals surface area contributed by atoms with E-state index in [4.69, 9.17) is 9.97 Å². The van der Waals surface area contributed by atoms with Crippen LogP contribution >= 0.6 is 0 Å². The van der Waals surface area contributed by atoms with Gasteiger partial charge in [-0.2, -0.15) is 0 Å².